The van der Waals surface area contributed by atoms with Crippen LogP contribution in [-0.2, 0) is 4.74 Å². The van der Waals surface area contributed by atoms with Gasteiger partial charge in [0.1, 0.15) is 0 Å². The molecule has 0 amide bonds. The summed E-state index contributed by atoms with van der Waals surface area (Å²) in [4.78, 5) is 7.38. The quantitative estimate of drug-likeness (QED) is 0.418. The van der Waals surface area contributed by atoms with Gasteiger partial charge in [0, 0.05) is 38.7 Å². The molecule has 2 saturated heterocycles. The molecule has 5 heteroatoms. The molecule has 130 valence electrons. The minimum absolute atomic E-state index is 0. The van der Waals surface area contributed by atoms with Gasteiger partial charge in [0.05, 0.1) is 6.61 Å². The van der Waals surface area contributed by atoms with E-state index >= 15 is 0 Å². The van der Waals surface area contributed by atoms with Crippen molar-refractivity contribution in [1.82, 2.24) is 10.2 Å². The van der Waals surface area contributed by atoms with Gasteiger partial charge in [-0.1, -0.05) is 20.3 Å². The number of nitrogens with one attached hydrogen (secondary N) is 1. The van der Waals surface area contributed by atoms with Crippen LogP contribution in [0.4, 0.5) is 0 Å². The number of nitrogens with zero attached hydrogens (tertiary/aromatic N) is 2. The maximum atomic E-state index is 5.46. The van der Waals surface area contributed by atoms with Crippen LogP contribution in [0, 0.1) is 11.3 Å². The van der Waals surface area contributed by atoms with E-state index in [1.54, 1.807) is 0 Å². The van der Waals surface area contributed by atoms with Gasteiger partial charge in [-0.3, -0.25) is 4.99 Å². The Morgan fingerprint density at radius 3 is 2.86 bits per heavy atom. The first-order valence-electron chi connectivity index (χ1n) is 8.78. The van der Waals surface area contributed by atoms with Crippen molar-refractivity contribution in [3.05, 3.63) is 0 Å². The van der Waals surface area contributed by atoms with Crippen LogP contribution in [0.1, 0.15) is 52.9 Å². The van der Waals surface area contributed by atoms with E-state index in [1.807, 2.05) is 0 Å². The second-order valence-corrected chi connectivity index (χ2v) is 7.01. The first kappa shape index (κ1) is 20.0. The maximum absolute atomic E-state index is 5.46. The summed E-state index contributed by atoms with van der Waals surface area (Å²) < 4.78 is 5.46. The van der Waals surface area contributed by atoms with E-state index < -0.39 is 0 Å². The zero-order valence-corrected chi connectivity index (χ0v) is 16.9. The summed E-state index contributed by atoms with van der Waals surface area (Å²) in [7, 11) is 0. The van der Waals surface area contributed by atoms with Crippen molar-refractivity contribution in [3.63, 3.8) is 0 Å². The van der Waals surface area contributed by atoms with Crippen molar-refractivity contribution in [1.29, 1.82) is 0 Å². The Labute approximate surface area is 153 Å². The maximum Gasteiger partial charge on any atom is 0.193 e. The lowest BCUT2D eigenvalue weighted by atomic mass is 9.78. The van der Waals surface area contributed by atoms with Crippen molar-refractivity contribution in [2.45, 2.75) is 52.9 Å². The van der Waals surface area contributed by atoms with Gasteiger partial charge in [-0.2, -0.15) is 0 Å². The molecule has 0 saturated carbocycles. The van der Waals surface area contributed by atoms with Gasteiger partial charge in [0.2, 0.25) is 0 Å². The molecule has 0 bridgehead atoms. The summed E-state index contributed by atoms with van der Waals surface area (Å²) in [6, 6.07) is 0. The molecule has 2 atom stereocenters. The Bertz CT molecular complexity index is 341. The van der Waals surface area contributed by atoms with E-state index in [0.29, 0.717) is 11.3 Å². The molecule has 22 heavy (non-hydrogen) atoms. The molecule has 4 nitrogen and oxygen atoms in total. The highest BCUT2D eigenvalue weighted by molar-refractivity contribution is 14.0. The Kier molecular flexibility index (Phi) is 9.05. The Morgan fingerprint density at radius 1 is 1.41 bits per heavy atom. The molecule has 2 aliphatic heterocycles. The van der Waals surface area contributed by atoms with Gasteiger partial charge in [0.25, 0.3) is 0 Å². The van der Waals surface area contributed by atoms with Crippen LogP contribution >= 0.6 is 24.0 Å². The van der Waals surface area contributed by atoms with Crippen LogP contribution in [0.5, 0.6) is 0 Å². The normalized spacial score (nSPS) is 29.3. The number of halogens is 1. The molecule has 0 aliphatic carbocycles. The molecule has 2 aliphatic rings. The lowest BCUT2D eigenvalue weighted by Crippen LogP contribution is -2.50. The highest BCUT2D eigenvalue weighted by Crippen LogP contribution is 2.33. The van der Waals surface area contributed by atoms with E-state index in [1.165, 1.54) is 25.7 Å². The Morgan fingerprint density at radius 2 is 2.23 bits per heavy atom. The monoisotopic (exact) mass is 423 g/mol. The molecule has 0 spiro atoms. The highest BCUT2D eigenvalue weighted by Gasteiger charge is 2.31. The lowest BCUT2D eigenvalue weighted by molar-refractivity contribution is 0.142. The largest absolute Gasteiger partial charge is 0.381 e. The van der Waals surface area contributed by atoms with Crippen molar-refractivity contribution < 1.29 is 4.74 Å². The topological polar surface area (TPSA) is 36.9 Å². The summed E-state index contributed by atoms with van der Waals surface area (Å²) >= 11 is 0. The first-order chi connectivity index (χ1) is 10.2. The number of rotatable bonds is 5. The number of guanidine groups is 1. The fraction of sp³-hybridized carbons (Fsp3) is 0.941. The van der Waals surface area contributed by atoms with Gasteiger partial charge in [-0.25, -0.2) is 0 Å². The summed E-state index contributed by atoms with van der Waals surface area (Å²) in [5, 5.41) is 3.49. The van der Waals surface area contributed by atoms with Crippen LogP contribution in [0.3, 0.4) is 0 Å². The smallest absolute Gasteiger partial charge is 0.193 e. The zero-order valence-electron chi connectivity index (χ0n) is 14.6. The number of hydrogen-bond donors (Lipinski definition) is 1. The van der Waals surface area contributed by atoms with Crippen LogP contribution in [0.2, 0.25) is 0 Å². The second kappa shape index (κ2) is 9.96. The third-order valence-electron chi connectivity index (χ3n) is 4.79. The highest BCUT2D eigenvalue weighted by atomic mass is 127. The minimum atomic E-state index is 0. The molecule has 2 heterocycles. The summed E-state index contributed by atoms with van der Waals surface area (Å²) in [5.41, 5.74) is 0.458. The predicted molar refractivity (Wildman–Crippen MR) is 104 cm³/mol. The molecular formula is C17H34IN3O. The van der Waals surface area contributed by atoms with Gasteiger partial charge < -0.3 is 15.0 Å². The SMILES string of the molecule is CCCC1(C)CCCN(C(=NCC2CCOC2)NCC)C1.I. The van der Waals surface area contributed by atoms with E-state index in [0.717, 1.165) is 51.8 Å². The molecule has 0 aromatic heterocycles. The van der Waals surface area contributed by atoms with Crippen LogP contribution in [0.15, 0.2) is 4.99 Å². The standard InChI is InChI=1S/C17H33N3O.HI/c1-4-8-17(3)9-6-10-20(14-17)16(18-5-2)19-12-15-7-11-21-13-15;/h15H,4-14H2,1-3H3,(H,18,19);1H. The molecule has 0 radical (unpaired) electrons. The fourth-order valence-electron chi connectivity index (χ4n) is 3.67. The molecule has 2 rings (SSSR count). The van der Waals surface area contributed by atoms with Gasteiger partial charge >= 0.3 is 0 Å². The van der Waals surface area contributed by atoms with Crippen molar-refractivity contribution in [3.8, 4) is 0 Å². The third-order valence-corrected chi connectivity index (χ3v) is 4.79. The summed E-state index contributed by atoms with van der Waals surface area (Å²) in [6.07, 6.45) is 6.40. The molecular weight excluding hydrogens is 389 g/mol. The van der Waals surface area contributed by atoms with Crippen LogP contribution in [-0.4, -0.2) is 50.3 Å². The fourth-order valence-corrected chi connectivity index (χ4v) is 3.67. The molecule has 1 N–H and O–H groups in total. The average Bonchev–Trinajstić information content (AvgIpc) is 2.96. The van der Waals surface area contributed by atoms with Gasteiger partial charge in [-0.05, 0) is 38.0 Å². The number of likely N-dealkylation sites (tertiary alicyclic amines) is 1. The number of piperidine rings is 1. The number of hydrogen-bond acceptors (Lipinski definition) is 2. The predicted octanol–water partition coefficient (Wildman–Crippen LogP) is 3.51. The first-order valence-corrected chi connectivity index (χ1v) is 8.78. The third kappa shape index (κ3) is 5.87. The van der Waals surface area contributed by atoms with E-state index in [4.69, 9.17) is 9.73 Å². The van der Waals surface area contributed by atoms with Crippen LogP contribution < -0.4 is 5.32 Å². The molecule has 2 fully saturated rings. The van der Waals surface area contributed by atoms with E-state index in [9.17, 15) is 0 Å². The van der Waals surface area contributed by atoms with Gasteiger partial charge in [-0.15, -0.1) is 24.0 Å². The molecule has 0 aromatic carbocycles. The van der Waals surface area contributed by atoms with Crippen LogP contribution in [0.25, 0.3) is 0 Å². The summed E-state index contributed by atoms with van der Waals surface area (Å²) in [5.74, 6) is 1.73. The zero-order chi connectivity index (χ0) is 15.1. The van der Waals surface area contributed by atoms with Gasteiger partial charge in [0.15, 0.2) is 5.96 Å². The minimum Gasteiger partial charge on any atom is -0.381 e. The number of aliphatic imine (C=N–C) groups is 1. The van der Waals surface area contributed by atoms with Crippen molar-refractivity contribution in [2.75, 3.05) is 39.4 Å². The molecule has 2 unspecified atom stereocenters. The second-order valence-electron chi connectivity index (χ2n) is 7.01. The Balaban J connectivity index is 0.00000242. The molecule has 0 aromatic rings. The Hall–Kier alpha value is -0.0400. The van der Waals surface area contributed by atoms with Crippen molar-refractivity contribution in [2.24, 2.45) is 16.3 Å². The lowest BCUT2D eigenvalue weighted by Gasteiger charge is -2.42. The average molecular weight is 423 g/mol. The van der Waals surface area contributed by atoms with Crippen molar-refractivity contribution >= 4 is 29.9 Å². The summed E-state index contributed by atoms with van der Waals surface area (Å²) in [6.45, 7) is 12.8. The van der Waals surface area contributed by atoms with E-state index in [2.05, 4.69) is 31.0 Å². The number of ether oxygens (including phenoxy) is 1. The van der Waals surface area contributed by atoms with E-state index in [-0.39, 0.29) is 24.0 Å².